The van der Waals surface area contributed by atoms with Crippen LogP contribution in [0, 0.1) is 6.92 Å². The number of amides is 1. The first-order chi connectivity index (χ1) is 11.6. The lowest BCUT2D eigenvalue weighted by molar-refractivity contribution is 0.102. The third-order valence-electron chi connectivity index (χ3n) is 3.41. The zero-order valence-corrected chi connectivity index (χ0v) is 13.7. The molecule has 0 unspecified atom stereocenters. The Morgan fingerprint density at radius 2 is 1.67 bits per heavy atom. The number of benzene rings is 2. The number of carbonyl (C=O) groups excluding carboxylic acids is 1. The van der Waals surface area contributed by atoms with Crippen LogP contribution in [-0.4, -0.2) is 15.9 Å². The van der Waals surface area contributed by atoms with Crippen molar-refractivity contribution in [2.24, 2.45) is 0 Å². The van der Waals surface area contributed by atoms with Gasteiger partial charge in [-0.15, -0.1) is 0 Å². The maximum atomic E-state index is 12.2. The molecular weight excluding hydrogens is 324 g/mol. The van der Waals surface area contributed by atoms with Gasteiger partial charge in [0, 0.05) is 28.8 Å². The van der Waals surface area contributed by atoms with Crippen molar-refractivity contribution < 1.29 is 4.79 Å². The van der Waals surface area contributed by atoms with Gasteiger partial charge < -0.3 is 10.6 Å². The van der Waals surface area contributed by atoms with Gasteiger partial charge in [-0.1, -0.05) is 29.8 Å². The van der Waals surface area contributed by atoms with E-state index in [9.17, 15) is 4.79 Å². The summed E-state index contributed by atoms with van der Waals surface area (Å²) in [7, 11) is 0. The van der Waals surface area contributed by atoms with E-state index in [1.54, 1.807) is 24.3 Å². The minimum Gasteiger partial charge on any atom is -0.324 e. The van der Waals surface area contributed by atoms with Crippen LogP contribution in [0.1, 0.15) is 15.9 Å². The molecule has 0 aliphatic rings. The minimum atomic E-state index is -0.278. The molecule has 0 bridgehead atoms. The molecule has 0 saturated heterocycles. The van der Waals surface area contributed by atoms with Crippen molar-refractivity contribution in [1.29, 1.82) is 0 Å². The first kappa shape index (κ1) is 16.0. The standard InChI is InChI=1S/C18H15ClN4O/c1-12-4-2-3-5-16(12)23-18-20-10-13(11-21-18)17(24)22-15-8-6-14(19)7-9-15/h2-11H,1H3,(H,22,24)(H,20,21,23). The zero-order chi connectivity index (χ0) is 16.9. The molecule has 0 spiro atoms. The summed E-state index contributed by atoms with van der Waals surface area (Å²) in [5.41, 5.74) is 3.05. The van der Waals surface area contributed by atoms with Gasteiger partial charge in [-0.2, -0.15) is 0 Å². The molecule has 120 valence electrons. The van der Waals surface area contributed by atoms with E-state index in [-0.39, 0.29) is 5.91 Å². The smallest absolute Gasteiger partial charge is 0.258 e. The van der Waals surface area contributed by atoms with E-state index in [4.69, 9.17) is 11.6 Å². The highest BCUT2D eigenvalue weighted by atomic mass is 35.5. The second kappa shape index (κ2) is 7.10. The Hall–Kier alpha value is -2.92. The number of rotatable bonds is 4. The Morgan fingerprint density at radius 1 is 1.00 bits per heavy atom. The van der Waals surface area contributed by atoms with E-state index in [0.717, 1.165) is 11.3 Å². The molecule has 0 aliphatic heterocycles. The molecule has 1 heterocycles. The van der Waals surface area contributed by atoms with Crippen LogP contribution in [0.15, 0.2) is 60.9 Å². The van der Waals surface area contributed by atoms with E-state index in [2.05, 4.69) is 20.6 Å². The molecular formula is C18H15ClN4O. The van der Waals surface area contributed by atoms with Crippen LogP contribution < -0.4 is 10.6 Å². The highest BCUT2D eigenvalue weighted by Gasteiger charge is 2.08. The van der Waals surface area contributed by atoms with Gasteiger partial charge in [-0.25, -0.2) is 9.97 Å². The summed E-state index contributed by atoms with van der Waals surface area (Å²) in [6.07, 6.45) is 2.97. The molecule has 0 radical (unpaired) electrons. The van der Waals surface area contributed by atoms with Crippen molar-refractivity contribution in [2.45, 2.75) is 6.92 Å². The molecule has 0 saturated carbocycles. The van der Waals surface area contributed by atoms with Crippen molar-refractivity contribution in [2.75, 3.05) is 10.6 Å². The van der Waals surface area contributed by atoms with Gasteiger partial charge in [-0.05, 0) is 42.8 Å². The molecule has 0 aliphatic carbocycles. The van der Waals surface area contributed by atoms with Crippen molar-refractivity contribution in [1.82, 2.24) is 9.97 Å². The highest BCUT2D eigenvalue weighted by molar-refractivity contribution is 6.30. The minimum absolute atomic E-state index is 0.278. The van der Waals surface area contributed by atoms with E-state index in [0.29, 0.717) is 22.2 Å². The summed E-state index contributed by atoms with van der Waals surface area (Å²) in [4.78, 5) is 20.6. The monoisotopic (exact) mass is 338 g/mol. The predicted octanol–water partition coefficient (Wildman–Crippen LogP) is 4.43. The van der Waals surface area contributed by atoms with Crippen LogP contribution >= 0.6 is 11.6 Å². The first-order valence-electron chi connectivity index (χ1n) is 7.33. The third kappa shape index (κ3) is 3.88. The number of carbonyl (C=O) groups is 1. The molecule has 2 N–H and O–H groups in total. The summed E-state index contributed by atoms with van der Waals surface area (Å²) in [5, 5.41) is 6.51. The van der Waals surface area contributed by atoms with Crippen LogP contribution in [0.2, 0.25) is 5.02 Å². The number of hydrogen-bond donors (Lipinski definition) is 2. The largest absolute Gasteiger partial charge is 0.324 e. The number of aromatic nitrogens is 2. The van der Waals surface area contributed by atoms with E-state index >= 15 is 0 Å². The fraction of sp³-hybridized carbons (Fsp3) is 0.0556. The fourth-order valence-corrected chi connectivity index (χ4v) is 2.21. The van der Waals surface area contributed by atoms with E-state index in [1.165, 1.54) is 12.4 Å². The Bertz CT molecular complexity index is 848. The summed E-state index contributed by atoms with van der Waals surface area (Å²) in [5.74, 6) is 0.159. The lowest BCUT2D eigenvalue weighted by Crippen LogP contribution is -2.13. The van der Waals surface area contributed by atoms with Gasteiger partial charge in [0.2, 0.25) is 5.95 Å². The third-order valence-corrected chi connectivity index (χ3v) is 3.66. The van der Waals surface area contributed by atoms with Crippen molar-refractivity contribution in [3.8, 4) is 0 Å². The Labute approximate surface area is 144 Å². The second-order valence-electron chi connectivity index (χ2n) is 5.20. The molecule has 3 aromatic rings. The second-order valence-corrected chi connectivity index (χ2v) is 5.63. The Kier molecular flexibility index (Phi) is 4.72. The number of para-hydroxylation sites is 1. The van der Waals surface area contributed by atoms with Gasteiger partial charge in [0.15, 0.2) is 0 Å². The molecule has 1 amide bonds. The fourth-order valence-electron chi connectivity index (χ4n) is 2.08. The number of nitrogens with zero attached hydrogens (tertiary/aromatic N) is 2. The molecule has 6 heteroatoms. The van der Waals surface area contributed by atoms with Gasteiger partial charge in [-0.3, -0.25) is 4.79 Å². The van der Waals surface area contributed by atoms with Crippen LogP contribution in [0.3, 0.4) is 0 Å². The topological polar surface area (TPSA) is 66.9 Å². The quantitative estimate of drug-likeness (QED) is 0.738. The number of anilines is 3. The van der Waals surface area contributed by atoms with E-state index < -0.39 is 0 Å². The summed E-state index contributed by atoms with van der Waals surface area (Å²) in [6, 6.07) is 14.7. The summed E-state index contributed by atoms with van der Waals surface area (Å²) in [6.45, 7) is 2.00. The van der Waals surface area contributed by atoms with Gasteiger partial charge in [0.25, 0.3) is 5.91 Å². The average Bonchev–Trinajstić information content (AvgIpc) is 2.59. The normalized spacial score (nSPS) is 10.2. The van der Waals surface area contributed by atoms with Gasteiger partial charge in [0.05, 0.1) is 5.56 Å². The summed E-state index contributed by atoms with van der Waals surface area (Å²) >= 11 is 5.82. The number of nitrogens with one attached hydrogen (secondary N) is 2. The van der Waals surface area contributed by atoms with Crippen molar-refractivity contribution in [3.63, 3.8) is 0 Å². The SMILES string of the molecule is Cc1ccccc1Nc1ncc(C(=O)Nc2ccc(Cl)cc2)cn1. The van der Waals surface area contributed by atoms with Gasteiger partial charge in [0.1, 0.15) is 0 Å². The molecule has 24 heavy (non-hydrogen) atoms. The number of hydrogen-bond acceptors (Lipinski definition) is 4. The summed E-state index contributed by atoms with van der Waals surface area (Å²) < 4.78 is 0. The number of aryl methyl sites for hydroxylation is 1. The van der Waals surface area contributed by atoms with Crippen LogP contribution in [0.4, 0.5) is 17.3 Å². The lowest BCUT2D eigenvalue weighted by atomic mass is 10.2. The van der Waals surface area contributed by atoms with Crippen molar-refractivity contribution in [3.05, 3.63) is 77.1 Å². The Morgan fingerprint density at radius 3 is 2.33 bits per heavy atom. The average molecular weight is 339 g/mol. The van der Waals surface area contributed by atoms with E-state index in [1.807, 2.05) is 31.2 Å². The van der Waals surface area contributed by atoms with Crippen LogP contribution in [0.25, 0.3) is 0 Å². The molecule has 3 rings (SSSR count). The first-order valence-corrected chi connectivity index (χ1v) is 7.71. The number of halogens is 1. The molecule has 0 atom stereocenters. The maximum absolute atomic E-state index is 12.2. The van der Waals surface area contributed by atoms with Crippen LogP contribution in [-0.2, 0) is 0 Å². The van der Waals surface area contributed by atoms with Gasteiger partial charge >= 0.3 is 0 Å². The predicted molar refractivity (Wildman–Crippen MR) is 95.9 cm³/mol. The molecule has 1 aromatic heterocycles. The lowest BCUT2D eigenvalue weighted by Gasteiger charge is -2.08. The maximum Gasteiger partial charge on any atom is 0.258 e. The molecule has 0 fully saturated rings. The van der Waals surface area contributed by atoms with Crippen LogP contribution in [0.5, 0.6) is 0 Å². The highest BCUT2D eigenvalue weighted by Crippen LogP contribution is 2.17. The molecule has 2 aromatic carbocycles. The zero-order valence-electron chi connectivity index (χ0n) is 13.0. The Balaban J connectivity index is 1.68. The molecule has 5 nitrogen and oxygen atoms in total. The van der Waals surface area contributed by atoms with Crippen molar-refractivity contribution >= 4 is 34.8 Å².